The molecular formula is C10H6N4O3. The molecule has 0 saturated heterocycles. The van der Waals surface area contributed by atoms with E-state index in [1.807, 2.05) is 0 Å². The van der Waals surface area contributed by atoms with Crippen LogP contribution in [0.2, 0.25) is 0 Å². The first-order valence-electron chi connectivity index (χ1n) is 4.77. The summed E-state index contributed by atoms with van der Waals surface area (Å²) in [6.45, 7) is 0. The van der Waals surface area contributed by atoms with Crippen molar-refractivity contribution in [1.29, 1.82) is 0 Å². The lowest BCUT2D eigenvalue weighted by molar-refractivity contribution is 0.577. The summed E-state index contributed by atoms with van der Waals surface area (Å²) in [6, 6.07) is 3.35. The number of nitrogens with zero attached hydrogens (tertiary/aromatic N) is 2. The summed E-state index contributed by atoms with van der Waals surface area (Å²) in [4.78, 5) is 30.9. The van der Waals surface area contributed by atoms with Crippen molar-refractivity contribution in [2.75, 3.05) is 0 Å². The highest BCUT2D eigenvalue weighted by atomic mass is 16.3. The van der Waals surface area contributed by atoms with Gasteiger partial charge in [0.05, 0.1) is 11.6 Å². The Balaban J connectivity index is 2.37. The zero-order valence-electron chi connectivity index (χ0n) is 8.43. The Morgan fingerprint density at radius 3 is 2.76 bits per heavy atom. The molecule has 0 aliphatic rings. The number of hydrogen-bond acceptors (Lipinski definition) is 5. The minimum atomic E-state index is -0.477. The van der Waals surface area contributed by atoms with E-state index in [1.165, 1.54) is 12.5 Å². The largest absolute Gasteiger partial charge is 0.461 e. The number of nitrogens with one attached hydrogen (secondary N) is 2. The van der Waals surface area contributed by atoms with E-state index in [9.17, 15) is 9.59 Å². The van der Waals surface area contributed by atoms with Crippen molar-refractivity contribution in [1.82, 2.24) is 20.2 Å². The summed E-state index contributed by atoms with van der Waals surface area (Å²) in [5.74, 6) is 0.699. The van der Waals surface area contributed by atoms with E-state index in [4.69, 9.17) is 4.42 Å². The van der Waals surface area contributed by atoms with Gasteiger partial charge in [0.25, 0.3) is 11.1 Å². The van der Waals surface area contributed by atoms with E-state index >= 15 is 0 Å². The molecule has 0 fully saturated rings. The first kappa shape index (κ1) is 9.52. The summed E-state index contributed by atoms with van der Waals surface area (Å²) in [7, 11) is 0. The maximum absolute atomic E-state index is 11.5. The summed E-state index contributed by atoms with van der Waals surface area (Å²) in [6.07, 6.45) is 2.78. The third-order valence-electron chi connectivity index (χ3n) is 2.28. The number of aromatic amines is 2. The zero-order valence-corrected chi connectivity index (χ0v) is 8.43. The van der Waals surface area contributed by atoms with E-state index in [1.54, 1.807) is 12.1 Å². The van der Waals surface area contributed by atoms with Gasteiger partial charge in [-0.3, -0.25) is 19.8 Å². The average Bonchev–Trinajstić information content (AvgIpc) is 2.87. The minimum absolute atomic E-state index is 0.0372. The molecule has 3 heterocycles. The van der Waals surface area contributed by atoms with E-state index in [0.717, 1.165) is 0 Å². The lowest BCUT2D eigenvalue weighted by Crippen LogP contribution is -2.20. The van der Waals surface area contributed by atoms with Crippen LogP contribution >= 0.6 is 0 Å². The molecule has 7 heteroatoms. The van der Waals surface area contributed by atoms with Gasteiger partial charge in [-0.15, -0.1) is 0 Å². The molecule has 0 unspecified atom stereocenters. The van der Waals surface area contributed by atoms with Gasteiger partial charge in [-0.25, -0.2) is 9.97 Å². The molecule has 17 heavy (non-hydrogen) atoms. The van der Waals surface area contributed by atoms with E-state index in [-0.39, 0.29) is 16.7 Å². The fraction of sp³-hybridized carbons (Fsp3) is 0. The molecule has 0 aromatic carbocycles. The van der Waals surface area contributed by atoms with Gasteiger partial charge in [-0.05, 0) is 12.1 Å². The highest BCUT2D eigenvalue weighted by Gasteiger charge is 2.09. The maximum Gasteiger partial charge on any atom is 0.289 e. The van der Waals surface area contributed by atoms with Gasteiger partial charge in [0.2, 0.25) is 0 Å². The maximum atomic E-state index is 11.5. The van der Waals surface area contributed by atoms with Crippen molar-refractivity contribution < 1.29 is 4.42 Å². The summed E-state index contributed by atoms with van der Waals surface area (Å²) < 4.78 is 5.12. The van der Waals surface area contributed by atoms with Crippen LogP contribution in [0.15, 0.2) is 38.6 Å². The second-order valence-electron chi connectivity index (χ2n) is 3.34. The molecule has 7 nitrogen and oxygen atoms in total. The Kier molecular flexibility index (Phi) is 1.91. The van der Waals surface area contributed by atoms with Crippen molar-refractivity contribution in [3.05, 3.63) is 45.3 Å². The average molecular weight is 230 g/mol. The van der Waals surface area contributed by atoms with Crippen LogP contribution < -0.4 is 11.1 Å². The van der Waals surface area contributed by atoms with Crippen LogP contribution in [0.1, 0.15) is 0 Å². The molecule has 0 aliphatic heterocycles. The molecule has 0 aliphatic carbocycles. The zero-order chi connectivity index (χ0) is 11.8. The molecule has 0 bridgehead atoms. The number of H-pyrrole nitrogens is 2. The molecule has 84 valence electrons. The molecule has 3 aromatic heterocycles. The number of rotatable bonds is 1. The van der Waals surface area contributed by atoms with Gasteiger partial charge in [0.15, 0.2) is 11.6 Å². The second kappa shape index (κ2) is 3.41. The topological polar surface area (TPSA) is 105 Å². The minimum Gasteiger partial charge on any atom is -0.461 e. The summed E-state index contributed by atoms with van der Waals surface area (Å²) in [5, 5.41) is 4.54. The Morgan fingerprint density at radius 2 is 2.00 bits per heavy atom. The summed E-state index contributed by atoms with van der Waals surface area (Å²) >= 11 is 0. The SMILES string of the molecule is O=c1[nH][nH]c(=O)c2nc(-c3ccco3)ncc12. The fourth-order valence-electron chi connectivity index (χ4n) is 1.49. The Bertz CT molecular complexity index is 785. The van der Waals surface area contributed by atoms with Crippen molar-refractivity contribution >= 4 is 10.9 Å². The molecule has 2 N–H and O–H groups in total. The van der Waals surface area contributed by atoms with E-state index < -0.39 is 11.1 Å². The molecule has 3 rings (SSSR count). The second-order valence-corrected chi connectivity index (χ2v) is 3.34. The number of furan rings is 1. The van der Waals surface area contributed by atoms with Crippen molar-refractivity contribution in [3.63, 3.8) is 0 Å². The Hall–Kier alpha value is -2.70. The third kappa shape index (κ3) is 1.44. The van der Waals surface area contributed by atoms with Crippen LogP contribution in [0.3, 0.4) is 0 Å². The van der Waals surface area contributed by atoms with Gasteiger partial charge in [0.1, 0.15) is 5.52 Å². The Morgan fingerprint density at radius 1 is 1.18 bits per heavy atom. The molecule has 0 amide bonds. The predicted octanol–water partition coefficient (Wildman–Crippen LogP) is 0.266. The number of hydrogen-bond donors (Lipinski definition) is 2. The predicted molar refractivity (Wildman–Crippen MR) is 58.5 cm³/mol. The standard InChI is InChI=1S/C10H6N4O3/c15-9-5-4-11-8(6-2-1-3-17-6)12-7(5)10(16)14-13-9/h1-4H,(H,13,15)(H,14,16). The molecule has 0 radical (unpaired) electrons. The van der Waals surface area contributed by atoms with Crippen LogP contribution in [-0.4, -0.2) is 20.2 Å². The highest BCUT2D eigenvalue weighted by Crippen LogP contribution is 2.15. The molecular weight excluding hydrogens is 224 g/mol. The quantitative estimate of drug-likeness (QED) is 0.624. The molecule has 0 spiro atoms. The van der Waals surface area contributed by atoms with Crippen LogP contribution in [0.25, 0.3) is 22.5 Å². The smallest absolute Gasteiger partial charge is 0.289 e. The van der Waals surface area contributed by atoms with Crippen molar-refractivity contribution in [2.24, 2.45) is 0 Å². The summed E-state index contributed by atoms with van der Waals surface area (Å²) in [5.41, 5.74) is -0.879. The van der Waals surface area contributed by atoms with Gasteiger partial charge in [-0.1, -0.05) is 0 Å². The highest BCUT2D eigenvalue weighted by molar-refractivity contribution is 5.76. The van der Waals surface area contributed by atoms with Crippen molar-refractivity contribution in [2.45, 2.75) is 0 Å². The Labute approximate surface area is 93.1 Å². The van der Waals surface area contributed by atoms with Gasteiger partial charge >= 0.3 is 0 Å². The van der Waals surface area contributed by atoms with Crippen LogP contribution in [0, 0.1) is 0 Å². The van der Waals surface area contributed by atoms with Gasteiger partial charge in [0, 0.05) is 6.20 Å². The molecule has 0 atom stereocenters. The lowest BCUT2D eigenvalue weighted by atomic mass is 10.3. The number of aromatic nitrogens is 4. The first-order chi connectivity index (χ1) is 8.25. The number of fused-ring (bicyclic) bond motifs is 1. The van der Waals surface area contributed by atoms with Gasteiger partial charge in [-0.2, -0.15) is 0 Å². The van der Waals surface area contributed by atoms with Crippen LogP contribution in [0.4, 0.5) is 0 Å². The van der Waals surface area contributed by atoms with E-state index in [2.05, 4.69) is 20.2 Å². The monoisotopic (exact) mass is 230 g/mol. The fourth-order valence-corrected chi connectivity index (χ4v) is 1.49. The lowest BCUT2D eigenvalue weighted by Gasteiger charge is -1.97. The first-order valence-corrected chi connectivity index (χ1v) is 4.77. The van der Waals surface area contributed by atoms with E-state index in [0.29, 0.717) is 5.76 Å². The van der Waals surface area contributed by atoms with Crippen LogP contribution in [-0.2, 0) is 0 Å². The normalized spacial score (nSPS) is 10.8. The third-order valence-corrected chi connectivity index (χ3v) is 2.28. The molecule has 0 saturated carbocycles. The van der Waals surface area contributed by atoms with Gasteiger partial charge < -0.3 is 4.42 Å². The van der Waals surface area contributed by atoms with Crippen LogP contribution in [0.5, 0.6) is 0 Å². The molecule has 3 aromatic rings. The van der Waals surface area contributed by atoms with Crippen molar-refractivity contribution in [3.8, 4) is 11.6 Å².